The smallest absolute Gasteiger partial charge is 0.0101 e. The summed E-state index contributed by atoms with van der Waals surface area (Å²) in [6.45, 7) is 3.58. The van der Waals surface area contributed by atoms with Crippen LogP contribution in [0.2, 0.25) is 0 Å². The highest BCUT2D eigenvalue weighted by molar-refractivity contribution is 5.90. The summed E-state index contributed by atoms with van der Waals surface area (Å²) in [5.41, 5.74) is 3.98. The number of fused-ring (bicyclic) bond motifs is 1. The molecule has 0 aliphatic carbocycles. The minimum absolute atomic E-state index is 1.17. The van der Waals surface area contributed by atoms with Crippen LogP contribution in [-0.4, -0.2) is 0 Å². The standard InChI is InChI=1S/C13H10/c1-2-6-11-8-5-9-12-7-3-4-10-13(11)12/h3-10H,1H2. The van der Waals surface area contributed by atoms with Crippen molar-refractivity contribution in [1.29, 1.82) is 0 Å². The summed E-state index contributed by atoms with van der Waals surface area (Å²) >= 11 is 0. The van der Waals surface area contributed by atoms with Gasteiger partial charge in [-0.1, -0.05) is 49.0 Å². The van der Waals surface area contributed by atoms with Gasteiger partial charge in [-0.3, -0.25) is 0 Å². The van der Waals surface area contributed by atoms with E-state index in [9.17, 15) is 0 Å². The van der Waals surface area contributed by atoms with E-state index in [0.717, 1.165) is 0 Å². The van der Waals surface area contributed by atoms with Crippen molar-refractivity contribution in [2.75, 3.05) is 0 Å². The Hall–Kier alpha value is -1.78. The molecule has 0 atom stereocenters. The first-order chi connectivity index (χ1) is 6.42. The fraction of sp³-hybridized carbons (Fsp3) is 0. The SMILES string of the molecule is C=C=Cc1cccc2ccccc12. The number of rotatable bonds is 1. The molecule has 0 amide bonds. The van der Waals surface area contributed by atoms with E-state index in [2.05, 4.69) is 36.6 Å². The molecule has 0 bridgehead atoms. The Bertz CT molecular complexity index is 469. The van der Waals surface area contributed by atoms with Gasteiger partial charge in [0.15, 0.2) is 0 Å². The van der Waals surface area contributed by atoms with Gasteiger partial charge in [-0.05, 0) is 22.4 Å². The van der Waals surface area contributed by atoms with Gasteiger partial charge in [-0.2, -0.15) is 0 Å². The lowest BCUT2D eigenvalue weighted by molar-refractivity contribution is 1.71. The molecule has 13 heavy (non-hydrogen) atoms. The zero-order chi connectivity index (χ0) is 9.10. The lowest BCUT2D eigenvalue weighted by atomic mass is 10.0. The molecular weight excluding hydrogens is 156 g/mol. The maximum absolute atomic E-state index is 3.58. The zero-order valence-corrected chi connectivity index (χ0v) is 7.33. The van der Waals surface area contributed by atoms with Gasteiger partial charge < -0.3 is 0 Å². The van der Waals surface area contributed by atoms with E-state index < -0.39 is 0 Å². The molecule has 0 heteroatoms. The molecule has 0 aliphatic heterocycles. The van der Waals surface area contributed by atoms with Crippen molar-refractivity contribution in [3.63, 3.8) is 0 Å². The topological polar surface area (TPSA) is 0 Å². The van der Waals surface area contributed by atoms with Gasteiger partial charge in [0.25, 0.3) is 0 Å². The second-order valence-electron chi connectivity index (χ2n) is 2.92. The van der Waals surface area contributed by atoms with Crippen molar-refractivity contribution in [1.82, 2.24) is 0 Å². The molecule has 0 N–H and O–H groups in total. The van der Waals surface area contributed by atoms with Crippen molar-refractivity contribution in [3.05, 3.63) is 60.3 Å². The van der Waals surface area contributed by atoms with Crippen molar-refractivity contribution >= 4 is 16.8 Å². The highest BCUT2D eigenvalue weighted by atomic mass is 14.0. The third-order valence-corrected chi connectivity index (χ3v) is 2.08. The summed E-state index contributed by atoms with van der Waals surface area (Å²) in [7, 11) is 0. The normalized spacial score (nSPS) is 9.54. The van der Waals surface area contributed by atoms with Crippen molar-refractivity contribution in [3.8, 4) is 0 Å². The molecular formula is C13H10. The zero-order valence-electron chi connectivity index (χ0n) is 7.33. The Balaban J connectivity index is 2.82. The summed E-state index contributed by atoms with van der Waals surface area (Å²) in [6.07, 6.45) is 1.91. The first-order valence-corrected chi connectivity index (χ1v) is 4.25. The molecule has 0 nitrogen and oxygen atoms in total. The predicted molar refractivity (Wildman–Crippen MR) is 57.6 cm³/mol. The van der Waals surface area contributed by atoms with Gasteiger partial charge in [0, 0.05) is 0 Å². The molecule has 0 radical (unpaired) electrons. The minimum atomic E-state index is 1.17. The largest absolute Gasteiger partial charge is 0.128 e. The van der Waals surface area contributed by atoms with Gasteiger partial charge in [-0.25, -0.2) is 0 Å². The highest BCUT2D eigenvalue weighted by Gasteiger charge is 1.94. The molecule has 0 aromatic heterocycles. The Morgan fingerprint density at radius 3 is 2.62 bits per heavy atom. The van der Waals surface area contributed by atoms with Crippen LogP contribution in [-0.2, 0) is 0 Å². The third kappa shape index (κ3) is 1.40. The van der Waals surface area contributed by atoms with E-state index >= 15 is 0 Å². The monoisotopic (exact) mass is 166 g/mol. The maximum atomic E-state index is 3.58. The average Bonchev–Trinajstić information content (AvgIpc) is 2.19. The summed E-state index contributed by atoms with van der Waals surface area (Å²) in [5, 5.41) is 2.51. The van der Waals surface area contributed by atoms with Crippen LogP contribution in [0.15, 0.2) is 54.8 Å². The number of benzene rings is 2. The van der Waals surface area contributed by atoms with Crippen LogP contribution >= 0.6 is 0 Å². The Kier molecular flexibility index (Phi) is 1.99. The van der Waals surface area contributed by atoms with Gasteiger partial charge in [0.2, 0.25) is 0 Å². The molecule has 62 valence electrons. The Morgan fingerprint density at radius 1 is 1.00 bits per heavy atom. The summed E-state index contributed by atoms with van der Waals surface area (Å²) in [5.74, 6) is 0. The molecule has 0 saturated carbocycles. The van der Waals surface area contributed by atoms with E-state index in [1.54, 1.807) is 0 Å². The molecule has 0 unspecified atom stereocenters. The first-order valence-electron chi connectivity index (χ1n) is 4.25. The number of hydrogen-bond acceptors (Lipinski definition) is 0. The van der Waals surface area contributed by atoms with E-state index in [1.165, 1.54) is 16.3 Å². The molecule has 2 aromatic carbocycles. The summed E-state index contributed by atoms with van der Waals surface area (Å²) < 4.78 is 0. The fourth-order valence-corrected chi connectivity index (χ4v) is 1.49. The second kappa shape index (κ2) is 3.30. The molecule has 0 heterocycles. The van der Waals surface area contributed by atoms with Gasteiger partial charge in [0.1, 0.15) is 0 Å². The lowest BCUT2D eigenvalue weighted by Crippen LogP contribution is -1.75. The molecule has 0 fully saturated rings. The summed E-state index contributed by atoms with van der Waals surface area (Å²) in [4.78, 5) is 0. The number of hydrogen-bond donors (Lipinski definition) is 0. The Labute approximate surface area is 77.8 Å². The molecule has 0 spiro atoms. The van der Waals surface area contributed by atoms with Gasteiger partial charge in [-0.15, -0.1) is 5.73 Å². The van der Waals surface area contributed by atoms with Crippen LogP contribution in [0.1, 0.15) is 5.56 Å². The third-order valence-electron chi connectivity index (χ3n) is 2.08. The van der Waals surface area contributed by atoms with Gasteiger partial charge >= 0.3 is 0 Å². The molecule has 2 rings (SSSR count). The van der Waals surface area contributed by atoms with Crippen LogP contribution in [0.4, 0.5) is 0 Å². The first kappa shape index (κ1) is 7.85. The molecule has 0 saturated heterocycles. The van der Waals surface area contributed by atoms with Gasteiger partial charge in [0.05, 0.1) is 0 Å². The highest BCUT2D eigenvalue weighted by Crippen LogP contribution is 2.18. The maximum Gasteiger partial charge on any atom is -0.0101 e. The quantitative estimate of drug-likeness (QED) is 0.567. The van der Waals surface area contributed by atoms with Crippen LogP contribution in [0.25, 0.3) is 16.8 Å². The predicted octanol–water partition coefficient (Wildman–Crippen LogP) is 3.64. The second-order valence-corrected chi connectivity index (χ2v) is 2.92. The Morgan fingerprint density at radius 2 is 1.77 bits per heavy atom. The minimum Gasteiger partial charge on any atom is -0.128 e. The van der Waals surface area contributed by atoms with E-state index in [1.807, 2.05) is 24.3 Å². The average molecular weight is 166 g/mol. The fourth-order valence-electron chi connectivity index (χ4n) is 1.49. The van der Waals surface area contributed by atoms with E-state index in [0.29, 0.717) is 0 Å². The van der Waals surface area contributed by atoms with Crippen molar-refractivity contribution in [2.45, 2.75) is 0 Å². The van der Waals surface area contributed by atoms with Crippen molar-refractivity contribution in [2.24, 2.45) is 0 Å². The molecule has 0 aliphatic rings. The van der Waals surface area contributed by atoms with Crippen molar-refractivity contribution < 1.29 is 0 Å². The van der Waals surface area contributed by atoms with Crippen LogP contribution in [0.3, 0.4) is 0 Å². The summed E-state index contributed by atoms with van der Waals surface area (Å²) in [6, 6.07) is 14.5. The van der Waals surface area contributed by atoms with Crippen LogP contribution in [0, 0.1) is 0 Å². The van der Waals surface area contributed by atoms with Crippen LogP contribution in [0.5, 0.6) is 0 Å². The lowest BCUT2D eigenvalue weighted by Gasteiger charge is -1.99. The van der Waals surface area contributed by atoms with Crippen LogP contribution < -0.4 is 0 Å². The molecule has 2 aromatic rings. The van der Waals surface area contributed by atoms with E-state index in [4.69, 9.17) is 0 Å². The van der Waals surface area contributed by atoms with E-state index in [-0.39, 0.29) is 0 Å².